The molecule has 0 aromatic heterocycles. The fourth-order valence-electron chi connectivity index (χ4n) is 2.12. The van der Waals surface area contributed by atoms with E-state index in [1.807, 2.05) is 12.1 Å². The minimum atomic E-state index is -0.702. The van der Waals surface area contributed by atoms with Crippen molar-refractivity contribution in [3.05, 3.63) is 29.8 Å². The van der Waals surface area contributed by atoms with Crippen molar-refractivity contribution in [1.82, 2.24) is 4.90 Å². The number of aliphatic carboxylic acids is 1. The smallest absolute Gasteiger partial charge is 0.303 e. The number of carboxylic acids is 1. The van der Waals surface area contributed by atoms with E-state index >= 15 is 0 Å². The third-order valence-corrected chi connectivity index (χ3v) is 3.34. The average Bonchev–Trinajstić information content (AvgIpc) is 2.44. The van der Waals surface area contributed by atoms with Crippen LogP contribution in [0.1, 0.15) is 31.2 Å². The summed E-state index contributed by atoms with van der Waals surface area (Å²) in [6, 6.07) is 8.19. The number of unbranched alkanes of at least 4 members (excludes halogenated alkanes) is 1. The van der Waals surface area contributed by atoms with E-state index in [1.54, 1.807) is 7.11 Å². The molecule has 5 heteroatoms. The second-order valence-corrected chi connectivity index (χ2v) is 5.11. The molecule has 1 N–H and O–H groups in total. The van der Waals surface area contributed by atoms with Gasteiger partial charge in [-0.05, 0) is 63.5 Å². The summed E-state index contributed by atoms with van der Waals surface area (Å²) in [5.41, 5.74) is 1.32. The van der Waals surface area contributed by atoms with Gasteiger partial charge in [-0.1, -0.05) is 12.1 Å². The third kappa shape index (κ3) is 9.32. The van der Waals surface area contributed by atoms with E-state index in [4.69, 9.17) is 9.84 Å². The molecule has 0 aliphatic carbocycles. The lowest BCUT2D eigenvalue weighted by Gasteiger charge is -2.16. The standard InChI is InChI=1S/C16H25NO3.ClH/c1-17(12-4-3-7-16(18)19)13-5-6-14-8-10-15(20-2)11-9-14;/h8-11H,3-7,12-13H2,1-2H3,(H,18,19);1H. The van der Waals surface area contributed by atoms with Crippen LogP contribution < -0.4 is 4.74 Å². The Morgan fingerprint density at radius 3 is 2.33 bits per heavy atom. The highest BCUT2D eigenvalue weighted by atomic mass is 35.5. The number of halogens is 1. The summed E-state index contributed by atoms with van der Waals surface area (Å²) in [7, 11) is 3.77. The zero-order valence-electron chi connectivity index (χ0n) is 12.9. The first-order valence-electron chi connectivity index (χ1n) is 7.15. The van der Waals surface area contributed by atoms with Gasteiger partial charge < -0.3 is 14.7 Å². The molecule has 0 unspecified atom stereocenters. The molecular weight excluding hydrogens is 290 g/mol. The zero-order valence-corrected chi connectivity index (χ0v) is 13.7. The number of rotatable bonds is 10. The molecule has 0 saturated carbocycles. The molecular formula is C16H26ClNO3. The number of benzene rings is 1. The lowest BCUT2D eigenvalue weighted by atomic mass is 10.1. The molecule has 4 nitrogen and oxygen atoms in total. The molecule has 120 valence electrons. The second-order valence-electron chi connectivity index (χ2n) is 5.11. The molecule has 1 rings (SSSR count). The van der Waals surface area contributed by atoms with Gasteiger partial charge in [0.05, 0.1) is 7.11 Å². The number of carboxylic acid groups (broad SMARTS) is 1. The SMILES string of the molecule is COc1ccc(CCCN(C)CCCCC(=O)O)cc1.Cl. The number of aryl methyl sites for hydroxylation is 1. The highest BCUT2D eigenvalue weighted by Crippen LogP contribution is 2.12. The zero-order chi connectivity index (χ0) is 14.8. The summed E-state index contributed by atoms with van der Waals surface area (Å²) < 4.78 is 5.13. The maximum Gasteiger partial charge on any atom is 0.303 e. The molecule has 0 saturated heterocycles. The molecule has 0 atom stereocenters. The van der Waals surface area contributed by atoms with Gasteiger partial charge in [0.15, 0.2) is 0 Å². The van der Waals surface area contributed by atoms with Gasteiger partial charge in [0, 0.05) is 6.42 Å². The van der Waals surface area contributed by atoms with Crippen LogP contribution in [0.5, 0.6) is 5.75 Å². The van der Waals surface area contributed by atoms with Gasteiger partial charge in [-0.15, -0.1) is 12.4 Å². The molecule has 0 aliphatic rings. The van der Waals surface area contributed by atoms with E-state index in [1.165, 1.54) is 5.56 Å². The van der Waals surface area contributed by atoms with Crippen LogP contribution in [0.25, 0.3) is 0 Å². The van der Waals surface area contributed by atoms with Gasteiger partial charge in [0.2, 0.25) is 0 Å². The Morgan fingerprint density at radius 1 is 1.14 bits per heavy atom. The minimum Gasteiger partial charge on any atom is -0.497 e. The van der Waals surface area contributed by atoms with Crippen LogP contribution in [0, 0.1) is 0 Å². The first-order chi connectivity index (χ1) is 9.61. The van der Waals surface area contributed by atoms with E-state index in [2.05, 4.69) is 24.1 Å². The molecule has 0 bridgehead atoms. The molecule has 0 amide bonds. The predicted molar refractivity (Wildman–Crippen MR) is 87.5 cm³/mol. The fourth-order valence-corrected chi connectivity index (χ4v) is 2.12. The van der Waals surface area contributed by atoms with Crippen molar-refractivity contribution in [3.8, 4) is 5.75 Å². The van der Waals surface area contributed by atoms with Crippen molar-refractivity contribution in [2.75, 3.05) is 27.2 Å². The fraction of sp³-hybridized carbons (Fsp3) is 0.562. The first-order valence-corrected chi connectivity index (χ1v) is 7.15. The number of hydrogen-bond donors (Lipinski definition) is 1. The minimum absolute atomic E-state index is 0. The van der Waals surface area contributed by atoms with E-state index in [-0.39, 0.29) is 18.8 Å². The molecule has 0 heterocycles. The molecule has 0 fully saturated rings. The van der Waals surface area contributed by atoms with Gasteiger partial charge >= 0.3 is 5.97 Å². The third-order valence-electron chi connectivity index (χ3n) is 3.34. The van der Waals surface area contributed by atoms with Crippen molar-refractivity contribution in [3.63, 3.8) is 0 Å². The van der Waals surface area contributed by atoms with Gasteiger partial charge in [-0.3, -0.25) is 4.79 Å². The Balaban J connectivity index is 0.00000400. The second kappa shape index (κ2) is 11.4. The van der Waals surface area contributed by atoms with Crippen LogP contribution in [0.2, 0.25) is 0 Å². The Hall–Kier alpha value is -1.26. The lowest BCUT2D eigenvalue weighted by Crippen LogP contribution is -2.21. The van der Waals surface area contributed by atoms with Gasteiger partial charge in [0.1, 0.15) is 5.75 Å². The first kappa shape index (κ1) is 19.7. The topological polar surface area (TPSA) is 49.8 Å². The van der Waals surface area contributed by atoms with Crippen LogP contribution >= 0.6 is 12.4 Å². The van der Waals surface area contributed by atoms with Crippen LogP contribution in [-0.4, -0.2) is 43.2 Å². The van der Waals surface area contributed by atoms with E-state index < -0.39 is 5.97 Å². The predicted octanol–water partition coefficient (Wildman–Crippen LogP) is 3.24. The molecule has 21 heavy (non-hydrogen) atoms. The van der Waals surface area contributed by atoms with Crippen LogP contribution in [-0.2, 0) is 11.2 Å². The highest BCUT2D eigenvalue weighted by Gasteiger charge is 2.01. The van der Waals surface area contributed by atoms with E-state index in [9.17, 15) is 4.79 Å². The summed E-state index contributed by atoms with van der Waals surface area (Å²) in [4.78, 5) is 12.7. The molecule has 1 aromatic carbocycles. The largest absolute Gasteiger partial charge is 0.497 e. The highest BCUT2D eigenvalue weighted by molar-refractivity contribution is 5.85. The van der Waals surface area contributed by atoms with E-state index in [0.29, 0.717) is 0 Å². The van der Waals surface area contributed by atoms with Crippen LogP contribution in [0.3, 0.4) is 0 Å². The number of hydrogen-bond acceptors (Lipinski definition) is 3. The van der Waals surface area contributed by atoms with Crippen LogP contribution in [0.15, 0.2) is 24.3 Å². The van der Waals surface area contributed by atoms with Crippen molar-refractivity contribution < 1.29 is 14.6 Å². The van der Waals surface area contributed by atoms with Crippen molar-refractivity contribution in [1.29, 1.82) is 0 Å². The maximum absolute atomic E-state index is 10.4. The molecule has 0 aliphatic heterocycles. The molecule has 0 spiro atoms. The number of ether oxygens (including phenoxy) is 1. The summed E-state index contributed by atoms with van der Waals surface area (Å²) in [5.74, 6) is 0.191. The summed E-state index contributed by atoms with van der Waals surface area (Å²) in [6.45, 7) is 2.01. The van der Waals surface area contributed by atoms with Gasteiger partial charge in [-0.2, -0.15) is 0 Å². The molecule has 0 radical (unpaired) electrons. The van der Waals surface area contributed by atoms with Crippen molar-refractivity contribution in [2.24, 2.45) is 0 Å². The quantitative estimate of drug-likeness (QED) is 0.673. The monoisotopic (exact) mass is 315 g/mol. The average molecular weight is 316 g/mol. The summed E-state index contributed by atoms with van der Waals surface area (Å²) in [5, 5.41) is 8.56. The summed E-state index contributed by atoms with van der Waals surface area (Å²) in [6.07, 6.45) is 4.16. The number of nitrogens with zero attached hydrogens (tertiary/aromatic N) is 1. The lowest BCUT2D eigenvalue weighted by molar-refractivity contribution is -0.137. The Morgan fingerprint density at radius 2 is 1.76 bits per heavy atom. The Labute approximate surface area is 133 Å². The normalized spacial score (nSPS) is 10.2. The molecule has 1 aromatic rings. The van der Waals surface area contributed by atoms with Gasteiger partial charge in [-0.25, -0.2) is 0 Å². The van der Waals surface area contributed by atoms with Gasteiger partial charge in [0.25, 0.3) is 0 Å². The maximum atomic E-state index is 10.4. The number of carbonyl (C=O) groups is 1. The van der Waals surface area contributed by atoms with Crippen molar-refractivity contribution in [2.45, 2.75) is 32.1 Å². The summed E-state index contributed by atoms with van der Waals surface area (Å²) >= 11 is 0. The van der Waals surface area contributed by atoms with E-state index in [0.717, 1.165) is 44.5 Å². The van der Waals surface area contributed by atoms with Crippen LogP contribution in [0.4, 0.5) is 0 Å². The Bertz CT molecular complexity index is 395. The van der Waals surface area contributed by atoms with Crippen molar-refractivity contribution >= 4 is 18.4 Å². The number of methoxy groups -OCH3 is 1. The Kier molecular flexibility index (Phi) is 10.7.